The zero-order valence-electron chi connectivity index (χ0n) is 6.18. The van der Waals surface area contributed by atoms with E-state index in [4.69, 9.17) is 4.74 Å². The van der Waals surface area contributed by atoms with Crippen molar-refractivity contribution < 1.29 is 13.5 Å². The third kappa shape index (κ3) is 1.07. The fourth-order valence-electron chi connectivity index (χ4n) is 1.15. The van der Waals surface area contributed by atoms with E-state index in [0.717, 1.165) is 6.07 Å². The lowest BCUT2D eigenvalue weighted by Crippen LogP contribution is -2.02. The van der Waals surface area contributed by atoms with Gasteiger partial charge in [0.25, 0.3) is 0 Å². The maximum atomic E-state index is 13.0. The van der Waals surface area contributed by atoms with E-state index in [0.29, 0.717) is 12.2 Å². The molecule has 0 amide bonds. The molecule has 1 aromatic carbocycles. The number of hydrogen-bond donors (Lipinski definition) is 0. The summed E-state index contributed by atoms with van der Waals surface area (Å²) in [7, 11) is 0. The Bertz CT molecular complexity index is 345. The van der Waals surface area contributed by atoms with Crippen molar-refractivity contribution in [2.45, 2.75) is 0 Å². The van der Waals surface area contributed by atoms with E-state index < -0.39 is 11.6 Å². The summed E-state index contributed by atoms with van der Waals surface area (Å²) >= 11 is 0. The van der Waals surface area contributed by atoms with Crippen LogP contribution in [0.2, 0.25) is 0 Å². The molecule has 12 heavy (non-hydrogen) atoms. The second-order valence-corrected chi connectivity index (χ2v) is 2.51. The first-order chi connectivity index (χ1) is 5.77. The van der Waals surface area contributed by atoms with Crippen LogP contribution in [0.1, 0.15) is 5.56 Å². The average Bonchev–Trinajstić information content (AvgIpc) is 2.04. The van der Waals surface area contributed by atoms with E-state index in [1.54, 1.807) is 12.2 Å². The topological polar surface area (TPSA) is 9.23 Å². The van der Waals surface area contributed by atoms with Crippen LogP contribution < -0.4 is 4.74 Å². The van der Waals surface area contributed by atoms with Crippen LogP contribution in [0.5, 0.6) is 5.75 Å². The van der Waals surface area contributed by atoms with Gasteiger partial charge in [0.05, 0.1) is 5.56 Å². The lowest BCUT2D eigenvalue weighted by molar-refractivity contribution is 0.352. The Morgan fingerprint density at radius 2 is 2.08 bits per heavy atom. The quantitative estimate of drug-likeness (QED) is 0.577. The molecule has 0 radical (unpaired) electrons. The number of halogens is 2. The Morgan fingerprint density at radius 3 is 2.92 bits per heavy atom. The van der Waals surface area contributed by atoms with Crippen molar-refractivity contribution in [1.82, 2.24) is 0 Å². The fraction of sp³-hybridized carbons (Fsp3) is 0.111. The van der Waals surface area contributed by atoms with Crippen molar-refractivity contribution in [2.24, 2.45) is 0 Å². The minimum absolute atomic E-state index is 0.273. The molecule has 1 aliphatic heterocycles. The maximum absolute atomic E-state index is 13.0. The van der Waals surface area contributed by atoms with Gasteiger partial charge in [0.15, 0.2) is 0 Å². The van der Waals surface area contributed by atoms with Gasteiger partial charge in [-0.05, 0) is 12.2 Å². The van der Waals surface area contributed by atoms with Crippen molar-refractivity contribution in [3.8, 4) is 5.75 Å². The molecular weight excluding hydrogens is 162 g/mol. The van der Waals surface area contributed by atoms with Crippen LogP contribution in [-0.4, -0.2) is 6.61 Å². The van der Waals surface area contributed by atoms with Crippen LogP contribution in [0.15, 0.2) is 18.2 Å². The molecule has 0 N–H and O–H groups in total. The molecule has 0 spiro atoms. The lowest BCUT2D eigenvalue weighted by atomic mass is 10.1. The highest BCUT2D eigenvalue weighted by atomic mass is 19.1. The summed E-state index contributed by atoms with van der Waals surface area (Å²) in [6, 6.07) is 2.03. The SMILES string of the molecule is Fc1cc(F)c2c(c1)OCC=C2. The predicted octanol–water partition coefficient (Wildman–Crippen LogP) is 2.37. The van der Waals surface area contributed by atoms with Crippen molar-refractivity contribution in [3.05, 3.63) is 35.4 Å². The monoisotopic (exact) mass is 168 g/mol. The molecule has 2 rings (SSSR count). The smallest absolute Gasteiger partial charge is 0.137 e. The zero-order valence-corrected chi connectivity index (χ0v) is 6.18. The first kappa shape index (κ1) is 7.28. The fourth-order valence-corrected chi connectivity index (χ4v) is 1.15. The van der Waals surface area contributed by atoms with Gasteiger partial charge in [0.1, 0.15) is 24.0 Å². The van der Waals surface area contributed by atoms with E-state index in [1.165, 1.54) is 6.07 Å². The van der Waals surface area contributed by atoms with Gasteiger partial charge in [-0.1, -0.05) is 0 Å². The van der Waals surface area contributed by atoms with Gasteiger partial charge < -0.3 is 4.74 Å². The molecule has 0 saturated heterocycles. The summed E-state index contributed by atoms with van der Waals surface area (Å²) in [5, 5.41) is 0. The molecule has 62 valence electrons. The summed E-state index contributed by atoms with van der Waals surface area (Å²) < 4.78 is 30.6. The third-order valence-corrected chi connectivity index (χ3v) is 1.68. The number of fused-ring (bicyclic) bond motifs is 1. The van der Waals surface area contributed by atoms with Crippen LogP contribution in [0.4, 0.5) is 8.78 Å². The lowest BCUT2D eigenvalue weighted by Gasteiger charge is -2.12. The van der Waals surface area contributed by atoms with E-state index in [9.17, 15) is 8.78 Å². The number of rotatable bonds is 0. The molecule has 0 saturated carbocycles. The highest BCUT2D eigenvalue weighted by molar-refractivity contribution is 5.59. The van der Waals surface area contributed by atoms with Crippen LogP contribution in [-0.2, 0) is 0 Å². The summed E-state index contributed by atoms with van der Waals surface area (Å²) in [5.74, 6) is -0.919. The van der Waals surface area contributed by atoms with Gasteiger partial charge in [0, 0.05) is 12.1 Å². The second kappa shape index (κ2) is 2.59. The largest absolute Gasteiger partial charge is 0.489 e. The highest BCUT2D eigenvalue weighted by Gasteiger charge is 2.11. The predicted molar refractivity (Wildman–Crippen MR) is 40.9 cm³/mol. The molecule has 0 unspecified atom stereocenters. The summed E-state index contributed by atoms with van der Waals surface area (Å²) in [6.45, 7) is 0.371. The number of ether oxygens (including phenoxy) is 1. The van der Waals surface area contributed by atoms with Crippen LogP contribution >= 0.6 is 0 Å². The van der Waals surface area contributed by atoms with Gasteiger partial charge in [-0.15, -0.1) is 0 Å². The van der Waals surface area contributed by atoms with Gasteiger partial charge in [-0.25, -0.2) is 8.78 Å². The van der Waals surface area contributed by atoms with E-state index in [1.807, 2.05) is 0 Å². The summed E-state index contributed by atoms with van der Waals surface area (Å²) in [4.78, 5) is 0. The molecule has 0 aliphatic carbocycles. The normalized spacial score (nSPS) is 13.8. The number of hydrogen-bond acceptors (Lipinski definition) is 1. The Morgan fingerprint density at radius 1 is 1.25 bits per heavy atom. The van der Waals surface area contributed by atoms with E-state index >= 15 is 0 Å². The Labute approximate surface area is 68.3 Å². The molecule has 0 fully saturated rings. The molecule has 0 atom stereocenters. The Hall–Kier alpha value is -1.38. The van der Waals surface area contributed by atoms with Crippen molar-refractivity contribution in [2.75, 3.05) is 6.61 Å². The van der Waals surface area contributed by atoms with Crippen molar-refractivity contribution in [3.63, 3.8) is 0 Å². The van der Waals surface area contributed by atoms with Gasteiger partial charge in [0.2, 0.25) is 0 Å². The van der Waals surface area contributed by atoms with E-state index in [2.05, 4.69) is 0 Å². The minimum Gasteiger partial charge on any atom is -0.489 e. The Balaban J connectivity index is 2.62. The summed E-state index contributed by atoms with van der Waals surface area (Å²) in [5.41, 5.74) is 0.322. The number of benzene rings is 1. The van der Waals surface area contributed by atoms with Crippen LogP contribution in [0.3, 0.4) is 0 Å². The Kier molecular flexibility index (Phi) is 1.57. The molecule has 3 heteroatoms. The molecule has 1 nitrogen and oxygen atoms in total. The first-order valence-corrected chi connectivity index (χ1v) is 3.56. The van der Waals surface area contributed by atoms with Crippen LogP contribution in [0.25, 0.3) is 6.08 Å². The third-order valence-electron chi connectivity index (χ3n) is 1.68. The molecule has 1 aliphatic rings. The highest BCUT2D eigenvalue weighted by Crippen LogP contribution is 2.27. The van der Waals surface area contributed by atoms with Gasteiger partial charge in [-0.3, -0.25) is 0 Å². The molecule has 1 aromatic rings. The van der Waals surface area contributed by atoms with E-state index in [-0.39, 0.29) is 5.75 Å². The van der Waals surface area contributed by atoms with Gasteiger partial charge in [-0.2, -0.15) is 0 Å². The molecule has 0 aromatic heterocycles. The van der Waals surface area contributed by atoms with Crippen molar-refractivity contribution >= 4 is 6.08 Å². The second-order valence-electron chi connectivity index (χ2n) is 2.51. The van der Waals surface area contributed by atoms with Crippen molar-refractivity contribution in [1.29, 1.82) is 0 Å². The molecule has 1 heterocycles. The van der Waals surface area contributed by atoms with Crippen LogP contribution in [0, 0.1) is 11.6 Å². The average molecular weight is 168 g/mol. The minimum atomic E-state index is -0.610. The standard InChI is InChI=1S/C9H6F2O/c10-6-4-8(11)7-2-1-3-12-9(7)5-6/h1-2,4-5H,3H2. The summed E-state index contributed by atoms with van der Waals surface area (Å²) in [6.07, 6.45) is 3.27. The maximum Gasteiger partial charge on any atom is 0.137 e. The first-order valence-electron chi connectivity index (χ1n) is 3.56. The molecule has 0 bridgehead atoms. The van der Waals surface area contributed by atoms with Gasteiger partial charge >= 0.3 is 0 Å². The molecular formula is C9H6F2O. The zero-order chi connectivity index (χ0) is 8.55.